The van der Waals surface area contributed by atoms with E-state index < -0.39 is 19.9 Å². The van der Waals surface area contributed by atoms with Crippen LogP contribution in [-0.4, -0.2) is 102 Å². The second-order valence-corrected chi connectivity index (χ2v) is 2.74. The fourth-order valence-corrected chi connectivity index (χ4v) is 0.580. The van der Waals surface area contributed by atoms with Crippen molar-refractivity contribution in [3.63, 3.8) is 0 Å². The maximum atomic E-state index is 10.2. The van der Waals surface area contributed by atoms with Crippen LogP contribution in [0.3, 0.4) is 0 Å². The van der Waals surface area contributed by atoms with Gasteiger partial charge in [0.15, 0.2) is 0 Å². The standard InChI is InChI=1S/C3H7O6P.2Ca.4H/c1-2(4)3(5)9-10(6,7)8;;;;;;/h2,4H,1H3,(H2,6,7,8);;;;;;/q;2*+2;4*-1. The van der Waals surface area contributed by atoms with E-state index in [9.17, 15) is 9.36 Å². The quantitative estimate of drug-likeness (QED) is 0.417. The zero-order chi connectivity index (χ0) is 8.36. The first-order valence-electron chi connectivity index (χ1n) is 2.30. The van der Waals surface area contributed by atoms with Gasteiger partial charge in [0.05, 0.1) is 0 Å². The third-order valence-corrected chi connectivity index (χ3v) is 0.968. The molecule has 6 nitrogen and oxygen atoms in total. The van der Waals surface area contributed by atoms with Crippen LogP contribution in [0.2, 0.25) is 0 Å². The Morgan fingerprint density at radius 1 is 1.50 bits per heavy atom. The maximum Gasteiger partial charge on any atom is 2.00 e. The van der Waals surface area contributed by atoms with E-state index in [1.165, 1.54) is 0 Å². The van der Waals surface area contributed by atoms with E-state index in [0.29, 0.717) is 0 Å². The molecule has 0 fully saturated rings. The van der Waals surface area contributed by atoms with Gasteiger partial charge in [0, 0.05) is 0 Å². The Kier molecular flexibility index (Phi) is 13.8. The summed E-state index contributed by atoms with van der Waals surface area (Å²) < 4.78 is 13.4. The van der Waals surface area contributed by atoms with Crippen molar-refractivity contribution in [3.8, 4) is 0 Å². The molecule has 0 bridgehead atoms. The Morgan fingerprint density at radius 3 is 1.92 bits per heavy atom. The number of aliphatic hydroxyl groups excluding tert-OH is 1. The summed E-state index contributed by atoms with van der Waals surface area (Å²) in [5.74, 6) is -1.34. The van der Waals surface area contributed by atoms with Crippen molar-refractivity contribution in [2.24, 2.45) is 0 Å². The van der Waals surface area contributed by atoms with Gasteiger partial charge in [-0.25, -0.2) is 9.36 Å². The number of aliphatic hydroxyl groups is 1. The monoisotopic (exact) mass is 254 g/mol. The van der Waals surface area contributed by atoms with Gasteiger partial charge in [-0.2, -0.15) is 0 Å². The smallest absolute Gasteiger partial charge is 1.00 e. The molecule has 0 aliphatic heterocycles. The summed E-state index contributed by atoms with van der Waals surface area (Å²) in [7, 11) is -4.79. The number of carbonyl (C=O) groups excluding carboxylic acids is 1. The van der Waals surface area contributed by atoms with Gasteiger partial charge < -0.3 is 15.3 Å². The van der Waals surface area contributed by atoms with Crippen LogP contribution in [-0.2, 0) is 13.9 Å². The first kappa shape index (κ1) is 19.6. The number of rotatable bonds is 2. The molecule has 1 unspecified atom stereocenters. The number of phosphoric ester groups is 1. The van der Waals surface area contributed by atoms with Crippen LogP contribution in [0.1, 0.15) is 12.6 Å². The third-order valence-electron chi connectivity index (χ3n) is 0.550. The van der Waals surface area contributed by atoms with E-state index >= 15 is 0 Å². The van der Waals surface area contributed by atoms with Crippen LogP contribution in [0.25, 0.3) is 0 Å². The molecule has 0 radical (unpaired) electrons. The van der Waals surface area contributed by atoms with E-state index in [2.05, 4.69) is 4.52 Å². The van der Waals surface area contributed by atoms with Crippen molar-refractivity contribution in [2.45, 2.75) is 13.0 Å². The van der Waals surface area contributed by atoms with Crippen LogP contribution >= 0.6 is 7.82 Å². The van der Waals surface area contributed by atoms with Gasteiger partial charge in [0.1, 0.15) is 6.10 Å². The van der Waals surface area contributed by atoms with Crippen LogP contribution in [0.4, 0.5) is 0 Å². The summed E-state index contributed by atoms with van der Waals surface area (Å²) in [6.07, 6.45) is -1.52. The zero-order valence-electron chi connectivity index (χ0n) is 10.5. The molecular weight excluding hydrogens is 243 g/mol. The van der Waals surface area contributed by atoms with E-state index in [1.54, 1.807) is 0 Å². The average Bonchev–Trinajstić information content (AvgIpc) is 1.60. The first-order chi connectivity index (χ1) is 4.33. The van der Waals surface area contributed by atoms with Gasteiger partial charge in [-0.15, -0.1) is 0 Å². The summed E-state index contributed by atoms with van der Waals surface area (Å²) in [5, 5.41) is 8.37. The van der Waals surface area contributed by atoms with Crippen molar-refractivity contribution in [1.29, 1.82) is 0 Å². The summed E-state index contributed by atoms with van der Waals surface area (Å²) in [6, 6.07) is 0. The minimum absolute atomic E-state index is 0. The molecule has 0 aromatic heterocycles. The number of carbonyl (C=O) groups is 1. The second kappa shape index (κ2) is 8.41. The van der Waals surface area contributed by atoms with Gasteiger partial charge >= 0.3 is 89.3 Å². The molecule has 0 spiro atoms. The van der Waals surface area contributed by atoms with E-state index in [1.807, 2.05) is 0 Å². The summed E-state index contributed by atoms with van der Waals surface area (Å²) in [4.78, 5) is 26.2. The van der Waals surface area contributed by atoms with Crippen LogP contribution in [0, 0.1) is 0 Å². The Bertz CT molecular complexity index is 189. The minimum Gasteiger partial charge on any atom is -1.00 e. The minimum atomic E-state index is -4.79. The van der Waals surface area contributed by atoms with Crippen LogP contribution in [0.15, 0.2) is 0 Å². The second-order valence-electron chi connectivity index (χ2n) is 1.58. The number of hydrogen-bond donors (Lipinski definition) is 3. The van der Waals surface area contributed by atoms with Gasteiger partial charge in [-0.1, -0.05) is 0 Å². The van der Waals surface area contributed by atoms with Crippen LogP contribution in [0.5, 0.6) is 0 Å². The number of phosphoric acid groups is 1. The molecule has 9 heteroatoms. The fourth-order valence-electron chi connectivity index (χ4n) is 0.193. The molecule has 3 N–H and O–H groups in total. The van der Waals surface area contributed by atoms with Crippen molar-refractivity contribution in [2.75, 3.05) is 0 Å². The Hall–Kier alpha value is 2.10. The molecule has 0 rings (SSSR count). The van der Waals surface area contributed by atoms with E-state index in [0.717, 1.165) is 6.92 Å². The zero-order valence-corrected chi connectivity index (χ0v) is 11.8. The van der Waals surface area contributed by atoms with Gasteiger partial charge in [0.25, 0.3) is 0 Å². The van der Waals surface area contributed by atoms with E-state index in [-0.39, 0.29) is 81.2 Å². The van der Waals surface area contributed by atoms with Gasteiger partial charge in [-0.05, 0) is 6.92 Å². The molecule has 0 saturated heterocycles. The van der Waals surface area contributed by atoms with Crippen molar-refractivity contribution in [3.05, 3.63) is 0 Å². The molecule has 1 atom stereocenters. The van der Waals surface area contributed by atoms with Gasteiger partial charge in [-0.3, -0.25) is 9.79 Å². The molecule has 0 amide bonds. The fraction of sp³-hybridized carbons (Fsp3) is 0.667. The molecular formula is C3H11Ca2O6P. The molecule has 12 heavy (non-hydrogen) atoms. The normalized spacial score (nSPS) is 12.0. The van der Waals surface area contributed by atoms with Crippen molar-refractivity contribution >= 4 is 89.3 Å². The topological polar surface area (TPSA) is 104 Å². The maximum absolute atomic E-state index is 10.2. The summed E-state index contributed by atoms with van der Waals surface area (Å²) >= 11 is 0. The van der Waals surface area contributed by atoms with E-state index in [4.69, 9.17) is 14.9 Å². The number of hydrogen-bond acceptors (Lipinski definition) is 4. The third kappa shape index (κ3) is 12.1. The largest absolute Gasteiger partial charge is 2.00 e. The van der Waals surface area contributed by atoms with Crippen LogP contribution < -0.4 is 0 Å². The molecule has 0 aromatic carbocycles. The Labute approximate surface area is 135 Å². The SMILES string of the molecule is CC(O)C(=O)OP(=O)(O)O.[Ca+2].[Ca+2].[H-].[H-].[H-].[H-]. The van der Waals surface area contributed by atoms with Crippen molar-refractivity contribution in [1.82, 2.24) is 0 Å². The Balaban J connectivity index is -0.0000000270. The molecule has 68 valence electrons. The first-order valence-corrected chi connectivity index (χ1v) is 3.83. The summed E-state index contributed by atoms with van der Waals surface area (Å²) in [5.41, 5.74) is 0. The Morgan fingerprint density at radius 2 is 1.83 bits per heavy atom. The average molecular weight is 254 g/mol. The molecule has 0 aromatic rings. The predicted molar refractivity (Wildman–Crippen MR) is 45.8 cm³/mol. The van der Waals surface area contributed by atoms with Gasteiger partial charge in [0.2, 0.25) is 0 Å². The predicted octanol–water partition coefficient (Wildman–Crippen LogP) is -1.31. The molecule has 0 heterocycles. The molecule has 0 saturated carbocycles. The molecule has 0 aliphatic carbocycles. The molecule has 0 aliphatic rings. The van der Waals surface area contributed by atoms with Crippen molar-refractivity contribution < 1.29 is 34.5 Å². The summed E-state index contributed by atoms with van der Waals surface area (Å²) in [6.45, 7) is 1.04.